The molecule has 3 N–H and O–H groups in total. The molecule has 3 rings (SSSR count). The lowest BCUT2D eigenvalue weighted by atomic mass is 10.1. The Morgan fingerprint density at radius 1 is 1.22 bits per heavy atom. The number of aromatic nitrogens is 2. The number of piperidine rings is 1. The molecule has 0 saturated carbocycles. The Morgan fingerprint density at radius 3 is 2.65 bits per heavy atom. The molecule has 2 heterocycles. The number of amides is 1. The van der Waals surface area contributed by atoms with E-state index in [1.165, 1.54) is 24.9 Å². The highest BCUT2D eigenvalue weighted by Crippen LogP contribution is 2.23. The number of carbonyl (C=O) groups is 1. The lowest BCUT2D eigenvalue weighted by Gasteiger charge is -2.28. The third-order valence-electron chi connectivity index (χ3n) is 3.94. The molecule has 2 aromatic rings. The van der Waals surface area contributed by atoms with Crippen molar-refractivity contribution in [1.82, 2.24) is 15.5 Å². The molecule has 0 atom stereocenters. The minimum atomic E-state index is -0.254. The quantitative estimate of drug-likeness (QED) is 0.863. The Balaban J connectivity index is 1.65. The van der Waals surface area contributed by atoms with Crippen LogP contribution in [0, 0.1) is 0 Å². The minimum Gasteiger partial charge on any atom is -0.372 e. The van der Waals surface area contributed by atoms with Gasteiger partial charge in [-0.1, -0.05) is 5.16 Å². The van der Waals surface area contributed by atoms with Crippen LogP contribution in [-0.2, 0) is 11.3 Å². The van der Waals surface area contributed by atoms with Gasteiger partial charge < -0.3 is 20.5 Å². The van der Waals surface area contributed by atoms with Crippen molar-refractivity contribution in [2.24, 2.45) is 5.73 Å². The van der Waals surface area contributed by atoms with Crippen molar-refractivity contribution in [3.63, 3.8) is 0 Å². The fraction of sp³-hybridized carbons (Fsp3) is 0.438. The maximum absolute atomic E-state index is 11.1. The van der Waals surface area contributed by atoms with Gasteiger partial charge in [-0.25, -0.2) is 0 Å². The normalized spacial score (nSPS) is 14.7. The van der Waals surface area contributed by atoms with Crippen LogP contribution in [0.1, 0.15) is 25.2 Å². The van der Waals surface area contributed by atoms with Gasteiger partial charge in [0.15, 0.2) is 0 Å². The fourth-order valence-corrected chi connectivity index (χ4v) is 2.66. The van der Waals surface area contributed by atoms with Crippen molar-refractivity contribution in [3.8, 4) is 11.4 Å². The van der Waals surface area contributed by atoms with E-state index in [9.17, 15) is 4.79 Å². The third-order valence-corrected chi connectivity index (χ3v) is 3.94. The van der Waals surface area contributed by atoms with Gasteiger partial charge in [-0.05, 0) is 43.5 Å². The Bertz CT molecular complexity index is 647. The molecule has 1 saturated heterocycles. The standard InChI is InChI=1S/C16H21N5O2/c17-10-14(22)18-11-15-19-16(20-23-15)12-4-6-13(7-5-12)21-8-2-1-3-9-21/h4-7H,1-3,8-11,17H2,(H,18,22). The topological polar surface area (TPSA) is 97.3 Å². The van der Waals surface area contributed by atoms with E-state index in [4.69, 9.17) is 10.3 Å². The second-order valence-corrected chi connectivity index (χ2v) is 5.59. The Hall–Kier alpha value is -2.41. The first-order valence-corrected chi connectivity index (χ1v) is 7.91. The summed E-state index contributed by atoms with van der Waals surface area (Å²) in [6, 6.07) is 8.17. The smallest absolute Gasteiger partial charge is 0.246 e. The zero-order valence-electron chi connectivity index (χ0n) is 13.0. The van der Waals surface area contributed by atoms with E-state index in [0.29, 0.717) is 11.7 Å². The summed E-state index contributed by atoms with van der Waals surface area (Å²) in [5.74, 6) is 0.629. The summed E-state index contributed by atoms with van der Waals surface area (Å²) >= 11 is 0. The predicted molar refractivity (Wildman–Crippen MR) is 86.7 cm³/mol. The number of nitrogens with one attached hydrogen (secondary N) is 1. The van der Waals surface area contributed by atoms with Crippen LogP contribution in [0.15, 0.2) is 28.8 Å². The van der Waals surface area contributed by atoms with Crippen LogP contribution in [0.3, 0.4) is 0 Å². The fourth-order valence-electron chi connectivity index (χ4n) is 2.66. The van der Waals surface area contributed by atoms with Gasteiger partial charge >= 0.3 is 0 Å². The molecule has 122 valence electrons. The van der Waals surface area contributed by atoms with Crippen LogP contribution in [0.25, 0.3) is 11.4 Å². The molecule has 0 radical (unpaired) electrons. The van der Waals surface area contributed by atoms with Crippen LogP contribution in [0.5, 0.6) is 0 Å². The van der Waals surface area contributed by atoms with Crippen LogP contribution in [-0.4, -0.2) is 35.7 Å². The van der Waals surface area contributed by atoms with Gasteiger partial charge in [0.05, 0.1) is 13.1 Å². The molecule has 1 aliphatic heterocycles. The molecule has 23 heavy (non-hydrogen) atoms. The highest BCUT2D eigenvalue weighted by Gasteiger charge is 2.13. The Morgan fingerprint density at radius 2 is 1.96 bits per heavy atom. The summed E-state index contributed by atoms with van der Waals surface area (Å²) in [5, 5.41) is 6.55. The van der Waals surface area contributed by atoms with Crippen LogP contribution >= 0.6 is 0 Å². The summed E-state index contributed by atoms with van der Waals surface area (Å²) in [5.41, 5.74) is 7.35. The van der Waals surface area contributed by atoms with Crippen molar-refractivity contribution in [1.29, 1.82) is 0 Å². The largest absolute Gasteiger partial charge is 0.372 e. The SMILES string of the molecule is NCC(=O)NCc1nc(-c2ccc(N3CCCCC3)cc2)no1. The Labute approximate surface area is 134 Å². The molecule has 7 nitrogen and oxygen atoms in total. The molecular weight excluding hydrogens is 294 g/mol. The number of nitrogens with zero attached hydrogens (tertiary/aromatic N) is 3. The molecule has 1 aromatic heterocycles. The van der Waals surface area contributed by atoms with E-state index >= 15 is 0 Å². The molecule has 1 aromatic carbocycles. The highest BCUT2D eigenvalue weighted by molar-refractivity contribution is 5.77. The van der Waals surface area contributed by atoms with Crippen LogP contribution < -0.4 is 16.0 Å². The Kier molecular flexibility index (Phi) is 4.87. The van der Waals surface area contributed by atoms with E-state index in [1.54, 1.807) is 0 Å². The van der Waals surface area contributed by atoms with Gasteiger partial charge in [-0.15, -0.1) is 0 Å². The third kappa shape index (κ3) is 3.87. The second kappa shape index (κ2) is 7.23. The summed E-state index contributed by atoms with van der Waals surface area (Å²) in [6.45, 7) is 2.37. The number of hydrogen-bond donors (Lipinski definition) is 2. The van der Waals surface area contributed by atoms with Gasteiger partial charge in [-0.3, -0.25) is 4.79 Å². The van der Waals surface area contributed by atoms with Crippen molar-refractivity contribution >= 4 is 11.6 Å². The summed E-state index contributed by atoms with van der Waals surface area (Å²) in [7, 11) is 0. The molecular formula is C16H21N5O2. The average molecular weight is 315 g/mol. The molecule has 0 aliphatic carbocycles. The zero-order valence-corrected chi connectivity index (χ0v) is 13.0. The molecule has 0 spiro atoms. The highest BCUT2D eigenvalue weighted by atomic mass is 16.5. The van der Waals surface area contributed by atoms with Gasteiger partial charge in [0.2, 0.25) is 17.6 Å². The molecule has 7 heteroatoms. The monoisotopic (exact) mass is 315 g/mol. The van der Waals surface area contributed by atoms with Crippen molar-refractivity contribution in [2.45, 2.75) is 25.8 Å². The number of anilines is 1. The van der Waals surface area contributed by atoms with E-state index in [0.717, 1.165) is 18.7 Å². The predicted octanol–water partition coefficient (Wildman–Crippen LogP) is 1.30. The molecule has 0 bridgehead atoms. The van der Waals surface area contributed by atoms with E-state index in [1.807, 2.05) is 12.1 Å². The van der Waals surface area contributed by atoms with E-state index in [2.05, 4.69) is 32.5 Å². The first kappa shape index (κ1) is 15.5. The summed E-state index contributed by atoms with van der Waals surface area (Å²) < 4.78 is 5.13. The second-order valence-electron chi connectivity index (χ2n) is 5.59. The lowest BCUT2D eigenvalue weighted by molar-refractivity contribution is -0.120. The maximum Gasteiger partial charge on any atom is 0.246 e. The molecule has 1 fully saturated rings. The summed E-state index contributed by atoms with van der Waals surface area (Å²) in [4.78, 5) is 17.8. The maximum atomic E-state index is 11.1. The first-order valence-electron chi connectivity index (χ1n) is 7.91. The van der Waals surface area contributed by atoms with Gasteiger partial charge in [-0.2, -0.15) is 4.98 Å². The first-order chi connectivity index (χ1) is 11.3. The van der Waals surface area contributed by atoms with Gasteiger partial charge in [0, 0.05) is 24.3 Å². The number of hydrogen-bond acceptors (Lipinski definition) is 6. The number of benzene rings is 1. The lowest BCUT2D eigenvalue weighted by Crippen LogP contribution is -2.29. The molecule has 0 unspecified atom stereocenters. The van der Waals surface area contributed by atoms with Gasteiger partial charge in [0.25, 0.3) is 0 Å². The van der Waals surface area contributed by atoms with E-state index < -0.39 is 0 Å². The number of carbonyl (C=O) groups excluding carboxylic acids is 1. The van der Waals surface area contributed by atoms with Gasteiger partial charge in [0.1, 0.15) is 0 Å². The zero-order chi connectivity index (χ0) is 16.1. The molecule has 1 amide bonds. The van der Waals surface area contributed by atoms with Crippen LogP contribution in [0.4, 0.5) is 5.69 Å². The average Bonchev–Trinajstić information content (AvgIpc) is 3.09. The minimum absolute atomic E-state index is 0.0566. The molecule has 1 aliphatic rings. The van der Waals surface area contributed by atoms with Crippen LogP contribution in [0.2, 0.25) is 0 Å². The van der Waals surface area contributed by atoms with E-state index in [-0.39, 0.29) is 19.0 Å². The summed E-state index contributed by atoms with van der Waals surface area (Å²) in [6.07, 6.45) is 3.83. The van der Waals surface area contributed by atoms with Crippen molar-refractivity contribution in [2.75, 3.05) is 24.5 Å². The van der Waals surface area contributed by atoms with Crippen molar-refractivity contribution in [3.05, 3.63) is 30.2 Å². The van der Waals surface area contributed by atoms with Crippen molar-refractivity contribution < 1.29 is 9.32 Å². The number of nitrogens with two attached hydrogens (primary N) is 1. The number of rotatable bonds is 5.